The number of hydrogen-bond donors (Lipinski definition) is 4. The minimum atomic E-state index is -1.62. The van der Waals surface area contributed by atoms with Crippen LogP contribution in [0.1, 0.15) is 43.6 Å². The summed E-state index contributed by atoms with van der Waals surface area (Å²) in [6.45, 7) is 4.32. The van der Waals surface area contributed by atoms with Crippen LogP contribution in [0.25, 0.3) is 0 Å². The van der Waals surface area contributed by atoms with Crippen molar-refractivity contribution in [3.8, 4) is 23.0 Å². The largest absolute Gasteiger partial charge is 0.497 e. The maximum Gasteiger partial charge on any atom is 0.248 e. The molecule has 0 radical (unpaired) electrons. The predicted molar refractivity (Wildman–Crippen MR) is 207 cm³/mol. The third kappa shape index (κ3) is 9.28. The molecule has 4 N–H and O–H groups in total. The fourth-order valence-corrected chi connectivity index (χ4v) is 6.91. The second-order valence-corrected chi connectivity index (χ2v) is 14.4. The molecule has 304 valence electrons. The van der Waals surface area contributed by atoms with Gasteiger partial charge in [-0.1, -0.05) is 30.3 Å². The van der Waals surface area contributed by atoms with Gasteiger partial charge in [0.05, 0.1) is 14.2 Å². The number of amides is 6. The second-order valence-electron chi connectivity index (χ2n) is 14.4. The number of aliphatic hydroxyl groups excluding tert-OH is 1. The summed E-state index contributed by atoms with van der Waals surface area (Å²) in [5, 5.41) is 19.9. The first-order valence-electron chi connectivity index (χ1n) is 18.5. The Hall–Kier alpha value is -6.16. The summed E-state index contributed by atoms with van der Waals surface area (Å²) in [5.74, 6) is -2.52. The molecule has 3 aliphatic rings. The molecule has 1 fully saturated rings. The van der Waals surface area contributed by atoms with Crippen molar-refractivity contribution in [2.24, 2.45) is 0 Å². The fraction of sp³-hybridized carbons (Fsp3) is 0.415. The molecule has 3 aliphatic heterocycles. The van der Waals surface area contributed by atoms with E-state index in [0.717, 1.165) is 9.80 Å². The van der Waals surface area contributed by atoms with E-state index in [1.165, 1.54) is 61.0 Å². The van der Waals surface area contributed by atoms with Crippen molar-refractivity contribution in [1.29, 1.82) is 0 Å². The van der Waals surface area contributed by atoms with E-state index in [1.807, 2.05) is 0 Å². The van der Waals surface area contributed by atoms with Crippen LogP contribution in [0.4, 0.5) is 0 Å². The summed E-state index contributed by atoms with van der Waals surface area (Å²) in [5.41, 5.74) is 1.49. The molecular formula is C41H50N6O10. The number of benzene rings is 3. The molecule has 0 spiro atoms. The Balaban J connectivity index is 1.60. The van der Waals surface area contributed by atoms with Gasteiger partial charge < -0.3 is 50.0 Å². The van der Waals surface area contributed by atoms with Crippen LogP contribution in [0.3, 0.4) is 0 Å². The van der Waals surface area contributed by atoms with Gasteiger partial charge in [-0.2, -0.15) is 0 Å². The minimum Gasteiger partial charge on any atom is -0.497 e. The highest BCUT2D eigenvalue weighted by molar-refractivity contribution is 5.98. The summed E-state index contributed by atoms with van der Waals surface area (Å²) >= 11 is 0. The Labute approximate surface area is 331 Å². The Morgan fingerprint density at radius 3 is 1.89 bits per heavy atom. The zero-order chi connectivity index (χ0) is 41.7. The summed E-state index contributed by atoms with van der Waals surface area (Å²) in [6.07, 6.45) is -1.67. The number of carbonyl (C=O) groups excluding carboxylic acids is 6. The molecule has 16 heteroatoms. The number of nitrogens with zero attached hydrogens (tertiary/aromatic N) is 3. The van der Waals surface area contributed by atoms with Crippen molar-refractivity contribution in [1.82, 2.24) is 30.7 Å². The van der Waals surface area contributed by atoms with Gasteiger partial charge in [0.1, 0.15) is 53.9 Å². The Morgan fingerprint density at radius 1 is 0.684 bits per heavy atom. The highest BCUT2D eigenvalue weighted by Crippen LogP contribution is 2.35. The second kappa shape index (κ2) is 17.7. The Morgan fingerprint density at radius 2 is 1.28 bits per heavy atom. The van der Waals surface area contributed by atoms with Crippen molar-refractivity contribution < 1.29 is 48.1 Å². The van der Waals surface area contributed by atoms with Crippen LogP contribution in [0.15, 0.2) is 66.7 Å². The topological polar surface area (TPSA) is 196 Å². The van der Waals surface area contributed by atoms with Crippen LogP contribution in [0, 0.1) is 0 Å². The van der Waals surface area contributed by atoms with Gasteiger partial charge in [0.2, 0.25) is 35.4 Å². The van der Waals surface area contributed by atoms with E-state index in [-0.39, 0.29) is 18.4 Å². The highest BCUT2D eigenvalue weighted by atomic mass is 16.5. The van der Waals surface area contributed by atoms with E-state index in [4.69, 9.17) is 14.2 Å². The van der Waals surface area contributed by atoms with E-state index >= 15 is 0 Å². The molecule has 0 aromatic heterocycles. The van der Waals surface area contributed by atoms with Gasteiger partial charge in [-0.15, -0.1) is 0 Å². The molecule has 3 aromatic carbocycles. The third-order valence-corrected chi connectivity index (χ3v) is 10.5. The van der Waals surface area contributed by atoms with E-state index in [2.05, 4.69) is 16.0 Å². The van der Waals surface area contributed by atoms with Gasteiger partial charge in [0, 0.05) is 34.0 Å². The van der Waals surface area contributed by atoms with Gasteiger partial charge >= 0.3 is 0 Å². The highest BCUT2D eigenvalue weighted by Gasteiger charge is 2.42. The molecule has 6 amide bonds. The molecule has 6 bridgehead atoms. The van der Waals surface area contributed by atoms with Crippen molar-refractivity contribution in [3.63, 3.8) is 0 Å². The summed E-state index contributed by atoms with van der Waals surface area (Å²) in [6, 6.07) is 10.6. The lowest BCUT2D eigenvalue weighted by molar-refractivity contribution is -0.153. The first-order valence-corrected chi connectivity index (χ1v) is 18.5. The van der Waals surface area contributed by atoms with Crippen molar-refractivity contribution in [2.45, 2.75) is 76.0 Å². The monoisotopic (exact) mass is 786 g/mol. The van der Waals surface area contributed by atoms with Crippen LogP contribution in [-0.4, -0.2) is 127 Å². The molecule has 0 aliphatic carbocycles. The molecule has 57 heavy (non-hydrogen) atoms. The van der Waals surface area contributed by atoms with Gasteiger partial charge in [0.25, 0.3) is 0 Å². The van der Waals surface area contributed by atoms with Crippen LogP contribution in [-0.2, 0) is 41.6 Å². The van der Waals surface area contributed by atoms with E-state index in [0.29, 0.717) is 34.1 Å². The smallest absolute Gasteiger partial charge is 0.248 e. The van der Waals surface area contributed by atoms with E-state index < -0.39 is 77.8 Å². The average Bonchev–Trinajstić information content (AvgIpc) is 3.20. The van der Waals surface area contributed by atoms with Gasteiger partial charge in [0.15, 0.2) is 11.5 Å². The zero-order valence-corrected chi connectivity index (χ0v) is 33.3. The first-order chi connectivity index (χ1) is 27.0. The number of ether oxygens (including phenoxy) is 3. The Kier molecular flexibility index (Phi) is 13.1. The lowest BCUT2D eigenvalue weighted by atomic mass is 9.96. The molecule has 0 saturated carbocycles. The summed E-state index contributed by atoms with van der Waals surface area (Å²) in [4.78, 5) is 87.9. The normalized spacial score (nSPS) is 25.4. The van der Waals surface area contributed by atoms with Crippen molar-refractivity contribution in [3.05, 3.63) is 83.4 Å². The standard InChI is InChI=1S/C41H50N6O10/c1-22-36(49)43-23(2)39(52)45(4)30(19-25-9-14-28(55-7)15-10-25)38(51)44-24(3)40(53)47(6)34-35(48)27-12-16-29(17-13-27)57-33-21-26(11-18-32(33)56-8)20-31(37(50)42-22)46(5)41(34)54/h9-18,21-24,30-31,34-35,48H,19-20H2,1-8H3,(H,42,50)(H,43,49)(H,44,51)/t22-,23+,24+,30-,31-,34-,35+/m0/s1. The maximum absolute atomic E-state index is 14.7. The molecule has 3 heterocycles. The molecule has 3 aromatic rings. The first kappa shape index (κ1) is 42.0. The van der Waals surface area contributed by atoms with Gasteiger partial charge in [-0.3, -0.25) is 28.8 Å². The molecule has 1 saturated heterocycles. The lowest BCUT2D eigenvalue weighted by Crippen LogP contribution is -2.62. The van der Waals surface area contributed by atoms with Crippen LogP contribution in [0.2, 0.25) is 0 Å². The number of likely N-dealkylation sites (N-methyl/N-ethyl adjacent to an activating group) is 3. The number of aliphatic hydroxyl groups is 1. The maximum atomic E-state index is 14.7. The van der Waals surface area contributed by atoms with Crippen LogP contribution >= 0.6 is 0 Å². The zero-order valence-electron chi connectivity index (χ0n) is 33.3. The Bertz CT molecular complexity index is 1990. The van der Waals surface area contributed by atoms with Gasteiger partial charge in [-0.05, 0) is 73.9 Å². The van der Waals surface area contributed by atoms with Crippen molar-refractivity contribution >= 4 is 35.4 Å². The van der Waals surface area contributed by atoms with Gasteiger partial charge in [-0.25, -0.2) is 0 Å². The van der Waals surface area contributed by atoms with E-state index in [9.17, 15) is 33.9 Å². The number of fused-ring (bicyclic) bond motifs is 2. The lowest BCUT2D eigenvalue weighted by Gasteiger charge is -2.38. The SMILES string of the molecule is COc1ccc(C[C@H]2C(=O)N[C@H](C)C(=O)N(C)[C@@H]3C(=O)N(C)[C@@H](Cc4ccc(OC)c(c4)Oc4ccc(cc4)[C@H]3O)C(=O)N[C@@H](C)C(=O)N[C@H](C)C(=O)N2C)cc1. The number of hydrogen-bond acceptors (Lipinski definition) is 10. The quantitative estimate of drug-likeness (QED) is 0.300. The third-order valence-electron chi connectivity index (χ3n) is 10.5. The summed E-state index contributed by atoms with van der Waals surface area (Å²) < 4.78 is 16.9. The number of nitrogens with one attached hydrogen (secondary N) is 3. The number of methoxy groups -OCH3 is 2. The number of rotatable bonds is 4. The van der Waals surface area contributed by atoms with Crippen molar-refractivity contribution in [2.75, 3.05) is 35.4 Å². The fourth-order valence-electron chi connectivity index (χ4n) is 6.91. The molecule has 16 nitrogen and oxygen atoms in total. The molecule has 0 unspecified atom stereocenters. The molecular weight excluding hydrogens is 736 g/mol. The summed E-state index contributed by atoms with van der Waals surface area (Å²) in [7, 11) is 7.12. The molecule has 7 atom stereocenters. The predicted octanol–water partition coefficient (Wildman–Crippen LogP) is 1.34. The molecule has 6 rings (SSSR count). The number of carbonyl (C=O) groups is 6. The van der Waals surface area contributed by atoms with E-state index in [1.54, 1.807) is 66.7 Å². The minimum absolute atomic E-state index is 0.0311. The van der Waals surface area contributed by atoms with Crippen LogP contribution < -0.4 is 30.2 Å². The average molecular weight is 787 g/mol. The van der Waals surface area contributed by atoms with Crippen LogP contribution in [0.5, 0.6) is 23.0 Å².